The maximum absolute atomic E-state index is 12.1. The maximum atomic E-state index is 12.1. The molecule has 1 saturated heterocycles. The molecule has 4 nitrogen and oxygen atoms in total. The molecule has 1 heterocycles. The fourth-order valence-corrected chi connectivity index (χ4v) is 3.01. The second-order valence-corrected chi connectivity index (χ2v) is 6.93. The molecule has 5 heteroatoms. The number of piperidine rings is 1. The van der Waals surface area contributed by atoms with Gasteiger partial charge in [-0.15, -0.1) is 0 Å². The smallest absolute Gasteiger partial charge is 0.410 e. The summed E-state index contributed by atoms with van der Waals surface area (Å²) >= 11 is 2.36. The van der Waals surface area contributed by atoms with E-state index in [1.807, 2.05) is 20.8 Å². The Morgan fingerprint density at radius 3 is 2.63 bits per heavy atom. The molecule has 19 heavy (non-hydrogen) atoms. The number of carbonyl (C=O) groups is 1. The van der Waals surface area contributed by atoms with Crippen molar-refractivity contribution in [1.29, 1.82) is 0 Å². The zero-order valence-corrected chi connectivity index (χ0v) is 14.7. The summed E-state index contributed by atoms with van der Waals surface area (Å²) in [6.07, 6.45) is 2.79. The van der Waals surface area contributed by atoms with E-state index in [0.717, 1.165) is 36.8 Å². The van der Waals surface area contributed by atoms with E-state index in [1.165, 1.54) is 0 Å². The van der Waals surface area contributed by atoms with Crippen LogP contribution in [0.4, 0.5) is 4.79 Å². The van der Waals surface area contributed by atoms with E-state index in [2.05, 4.69) is 29.5 Å². The summed E-state index contributed by atoms with van der Waals surface area (Å²) < 4.78 is 12.4. The molecule has 0 aliphatic carbocycles. The molecule has 0 radical (unpaired) electrons. The molecule has 1 rings (SSSR count). The fraction of sp³-hybridized carbons (Fsp3) is 0.929. The van der Waals surface area contributed by atoms with Crippen molar-refractivity contribution in [2.45, 2.75) is 58.2 Å². The van der Waals surface area contributed by atoms with Crippen LogP contribution in [0.3, 0.4) is 0 Å². The topological polar surface area (TPSA) is 38.8 Å². The van der Waals surface area contributed by atoms with Crippen LogP contribution in [-0.2, 0) is 9.47 Å². The van der Waals surface area contributed by atoms with Crippen LogP contribution in [0.15, 0.2) is 0 Å². The van der Waals surface area contributed by atoms with Gasteiger partial charge in [-0.1, -0.05) is 29.5 Å². The minimum absolute atomic E-state index is 0.189. The van der Waals surface area contributed by atoms with Gasteiger partial charge in [-0.2, -0.15) is 0 Å². The van der Waals surface area contributed by atoms with Crippen LogP contribution in [0, 0.1) is 0 Å². The Balaban J connectivity index is 2.64. The van der Waals surface area contributed by atoms with Gasteiger partial charge in [0.15, 0.2) is 0 Å². The molecule has 0 aromatic heterocycles. The van der Waals surface area contributed by atoms with Crippen molar-refractivity contribution < 1.29 is 14.3 Å². The number of amides is 1. The van der Waals surface area contributed by atoms with Gasteiger partial charge in [-0.05, 0) is 40.0 Å². The maximum Gasteiger partial charge on any atom is 0.410 e. The van der Waals surface area contributed by atoms with Crippen LogP contribution in [0.5, 0.6) is 0 Å². The quantitative estimate of drug-likeness (QED) is 0.550. The summed E-state index contributed by atoms with van der Waals surface area (Å²) in [5, 5.41) is 0. The monoisotopic (exact) mass is 383 g/mol. The first kappa shape index (κ1) is 17.0. The third-order valence-electron chi connectivity index (χ3n) is 3.05. The van der Waals surface area contributed by atoms with Crippen LogP contribution < -0.4 is 0 Å². The average molecular weight is 383 g/mol. The summed E-state index contributed by atoms with van der Waals surface area (Å²) in [5.41, 5.74) is -0.627. The second kappa shape index (κ2) is 7.11. The number of hydrogen-bond donors (Lipinski definition) is 0. The molecule has 112 valence electrons. The van der Waals surface area contributed by atoms with Gasteiger partial charge in [-0.3, -0.25) is 0 Å². The lowest BCUT2D eigenvalue weighted by Crippen LogP contribution is -2.53. The van der Waals surface area contributed by atoms with Crippen molar-refractivity contribution in [1.82, 2.24) is 4.90 Å². The third kappa shape index (κ3) is 5.45. The minimum atomic E-state index is -0.439. The van der Waals surface area contributed by atoms with E-state index < -0.39 is 5.60 Å². The highest BCUT2D eigenvalue weighted by atomic mass is 127. The molecular weight excluding hydrogens is 357 g/mol. The predicted molar refractivity (Wildman–Crippen MR) is 84.9 cm³/mol. The largest absolute Gasteiger partial charge is 0.444 e. The Labute approximate surface area is 130 Å². The number of likely N-dealkylation sites (tertiary alicyclic amines) is 1. The molecule has 0 aromatic rings. The Bertz CT molecular complexity index is 304. The van der Waals surface area contributed by atoms with E-state index in [1.54, 1.807) is 4.90 Å². The standard InChI is InChI=1S/C14H26INO3/c1-5-9-18-14(10-15)7-6-8-16(11-14)12(17)19-13(2,3)4/h5-11H2,1-4H3. The highest BCUT2D eigenvalue weighted by Crippen LogP contribution is 2.28. The first-order chi connectivity index (χ1) is 8.82. The van der Waals surface area contributed by atoms with Crippen LogP contribution in [0.1, 0.15) is 47.0 Å². The molecule has 1 atom stereocenters. The molecule has 1 fully saturated rings. The van der Waals surface area contributed by atoms with Crippen molar-refractivity contribution in [3.8, 4) is 0 Å². The first-order valence-corrected chi connectivity index (χ1v) is 8.52. The molecule has 1 amide bonds. The molecule has 1 aliphatic heterocycles. The van der Waals surface area contributed by atoms with Gasteiger partial charge in [0.05, 0.1) is 12.1 Å². The Morgan fingerprint density at radius 2 is 2.11 bits per heavy atom. The molecule has 1 unspecified atom stereocenters. The van der Waals surface area contributed by atoms with Crippen molar-refractivity contribution in [3.63, 3.8) is 0 Å². The Kier molecular flexibility index (Phi) is 6.36. The summed E-state index contributed by atoms with van der Waals surface area (Å²) in [6.45, 7) is 9.96. The Morgan fingerprint density at radius 1 is 1.42 bits per heavy atom. The van der Waals surface area contributed by atoms with Gasteiger partial charge in [0.2, 0.25) is 0 Å². The van der Waals surface area contributed by atoms with Gasteiger partial charge < -0.3 is 14.4 Å². The SMILES string of the molecule is CCCOC1(CI)CCCN(C(=O)OC(C)(C)C)C1. The van der Waals surface area contributed by atoms with Crippen LogP contribution in [-0.4, -0.2) is 46.3 Å². The zero-order valence-electron chi connectivity index (χ0n) is 12.5. The van der Waals surface area contributed by atoms with E-state index in [0.29, 0.717) is 6.54 Å². The van der Waals surface area contributed by atoms with E-state index >= 15 is 0 Å². The summed E-state index contributed by atoms with van der Waals surface area (Å²) in [7, 11) is 0. The van der Waals surface area contributed by atoms with Crippen LogP contribution in [0.25, 0.3) is 0 Å². The van der Waals surface area contributed by atoms with Crippen molar-refractivity contribution >= 4 is 28.7 Å². The van der Waals surface area contributed by atoms with Crippen LogP contribution in [0.2, 0.25) is 0 Å². The molecule has 0 aromatic carbocycles. The molecule has 0 bridgehead atoms. The van der Waals surface area contributed by atoms with Gasteiger partial charge in [0.25, 0.3) is 0 Å². The molecule has 0 N–H and O–H groups in total. The van der Waals surface area contributed by atoms with E-state index in [4.69, 9.17) is 9.47 Å². The van der Waals surface area contributed by atoms with Crippen LogP contribution >= 0.6 is 22.6 Å². The lowest BCUT2D eigenvalue weighted by molar-refractivity contribution is -0.0746. The number of halogens is 1. The van der Waals surface area contributed by atoms with Crippen molar-refractivity contribution in [2.24, 2.45) is 0 Å². The van der Waals surface area contributed by atoms with E-state index in [9.17, 15) is 4.79 Å². The number of alkyl halides is 1. The molecule has 0 saturated carbocycles. The molecule has 0 spiro atoms. The fourth-order valence-electron chi connectivity index (χ4n) is 2.16. The summed E-state index contributed by atoms with van der Waals surface area (Å²) in [5.74, 6) is 0. The first-order valence-electron chi connectivity index (χ1n) is 7.00. The number of rotatable bonds is 4. The van der Waals surface area contributed by atoms with Gasteiger partial charge >= 0.3 is 6.09 Å². The zero-order chi connectivity index (χ0) is 14.5. The van der Waals surface area contributed by atoms with Crippen molar-refractivity contribution in [3.05, 3.63) is 0 Å². The highest BCUT2D eigenvalue weighted by Gasteiger charge is 2.38. The summed E-state index contributed by atoms with van der Waals surface area (Å²) in [6, 6.07) is 0. The van der Waals surface area contributed by atoms with E-state index in [-0.39, 0.29) is 11.7 Å². The number of hydrogen-bond acceptors (Lipinski definition) is 3. The summed E-state index contributed by atoms with van der Waals surface area (Å²) in [4.78, 5) is 13.9. The van der Waals surface area contributed by atoms with Gasteiger partial charge in [-0.25, -0.2) is 4.79 Å². The average Bonchev–Trinajstić information content (AvgIpc) is 2.34. The minimum Gasteiger partial charge on any atom is -0.444 e. The molecule has 1 aliphatic rings. The molecular formula is C14H26INO3. The lowest BCUT2D eigenvalue weighted by atomic mass is 9.95. The number of nitrogens with zero attached hydrogens (tertiary/aromatic N) is 1. The lowest BCUT2D eigenvalue weighted by Gasteiger charge is -2.41. The van der Waals surface area contributed by atoms with Gasteiger partial charge in [0.1, 0.15) is 5.60 Å². The highest BCUT2D eigenvalue weighted by molar-refractivity contribution is 14.1. The predicted octanol–water partition coefficient (Wildman–Crippen LogP) is 3.62. The normalized spacial score (nSPS) is 24.4. The Hall–Kier alpha value is -0.0400. The van der Waals surface area contributed by atoms with Gasteiger partial charge in [0, 0.05) is 17.6 Å². The van der Waals surface area contributed by atoms with Crippen molar-refractivity contribution in [2.75, 3.05) is 24.1 Å². The number of carbonyl (C=O) groups excluding carboxylic acids is 1. The second-order valence-electron chi connectivity index (χ2n) is 6.17. The third-order valence-corrected chi connectivity index (χ3v) is 4.44. The number of ether oxygens (including phenoxy) is 2.